The molecule has 10 nitrogen and oxygen atoms in total. The Morgan fingerprint density at radius 3 is 2.44 bits per heavy atom. The third-order valence-electron chi connectivity index (χ3n) is 3.24. The van der Waals surface area contributed by atoms with E-state index >= 15 is 0 Å². The van der Waals surface area contributed by atoms with Gasteiger partial charge in [-0.1, -0.05) is 12.1 Å². The highest BCUT2D eigenvalue weighted by Crippen LogP contribution is 2.09. The number of carbonyl (C=O) groups is 1. The van der Waals surface area contributed by atoms with Crippen LogP contribution < -0.4 is 10.5 Å². The minimum atomic E-state index is -3.73. The molecule has 0 spiro atoms. The molecule has 0 radical (unpaired) electrons. The second-order valence-corrected chi connectivity index (χ2v) is 6.55. The van der Waals surface area contributed by atoms with Gasteiger partial charge in [-0.15, -0.1) is 10.2 Å². The highest BCUT2D eigenvalue weighted by atomic mass is 32.2. The molecule has 1 amide bonds. The zero-order valence-corrected chi connectivity index (χ0v) is 13.6. The van der Waals surface area contributed by atoms with E-state index in [4.69, 9.17) is 5.14 Å². The highest BCUT2D eigenvalue weighted by Gasteiger charge is 2.10. The summed E-state index contributed by atoms with van der Waals surface area (Å²) < 4.78 is 23.8. The van der Waals surface area contributed by atoms with Crippen molar-refractivity contribution in [1.29, 1.82) is 0 Å². The topological polar surface area (TPSA) is 146 Å². The van der Waals surface area contributed by atoms with Gasteiger partial charge in [0.15, 0.2) is 11.5 Å². The Hall–Kier alpha value is -3.18. The molecule has 1 aromatic carbocycles. The van der Waals surface area contributed by atoms with Gasteiger partial charge in [-0.05, 0) is 29.8 Å². The molecule has 0 unspecified atom stereocenters. The predicted molar refractivity (Wildman–Crippen MR) is 85.9 cm³/mol. The van der Waals surface area contributed by atoms with E-state index in [-0.39, 0.29) is 17.1 Å². The van der Waals surface area contributed by atoms with Gasteiger partial charge in [0.2, 0.25) is 10.0 Å². The van der Waals surface area contributed by atoms with Crippen LogP contribution in [0.4, 0.5) is 0 Å². The van der Waals surface area contributed by atoms with Crippen LogP contribution in [-0.4, -0.2) is 39.3 Å². The zero-order chi connectivity index (χ0) is 17.9. The average Bonchev–Trinajstić information content (AvgIpc) is 3.14. The largest absolute Gasteiger partial charge is 0.347 e. The van der Waals surface area contributed by atoms with Crippen molar-refractivity contribution in [3.05, 3.63) is 60.3 Å². The van der Waals surface area contributed by atoms with Gasteiger partial charge in [0, 0.05) is 6.54 Å². The van der Waals surface area contributed by atoms with Crippen molar-refractivity contribution in [2.45, 2.75) is 11.4 Å². The number of benzene rings is 1. The van der Waals surface area contributed by atoms with Crippen LogP contribution in [0, 0.1) is 0 Å². The third-order valence-corrected chi connectivity index (χ3v) is 4.17. The molecule has 3 rings (SSSR count). The fourth-order valence-electron chi connectivity index (χ4n) is 1.96. The third kappa shape index (κ3) is 4.02. The fraction of sp³-hybridized carbons (Fsp3) is 0.0714. The molecule has 128 valence electrons. The monoisotopic (exact) mass is 359 g/mol. The number of nitrogens with two attached hydrogens (primary N) is 1. The smallest absolute Gasteiger partial charge is 0.272 e. The maximum atomic E-state index is 12.1. The molecule has 3 aromatic rings. The lowest BCUT2D eigenvalue weighted by molar-refractivity contribution is 0.0945. The second kappa shape index (κ2) is 6.75. The zero-order valence-electron chi connectivity index (χ0n) is 12.8. The first-order valence-electron chi connectivity index (χ1n) is 7.02. The molecule has 0 saturated carbocycles. The first-order chi connectivity index (χ1) is 11.9. The van der Waals surface area contributed by atoms with E-state index in [2.05, 4.69) is 25.6 Å². The van der Waals surface area contributed by atoms with Crippen LogP contribution in [0.15, 0.2) is 53.9 Å². The molecule has 0 saturated heterocycles. The van der Waals surface area contributed by atoms with Crippen LogP contribution in [0.5, 0.6) is 0 Å². The Morgan fingerprint density at radius 2 is 1.88 bits per heavy atom. The summed E-state index contributed by atoms with van der Waals surface area (Å²) in [4.78, 5) is 15.9. The number of nitrogens with zero attached hydrogens (tertiary/aromatic N) is 5. The molecule has 2 heterocycles. The standard InChI is InChI=1S/C14H13N7O3S/c15-25(23,24)11-3-1-10(2-4-11)7-17-14(22)12-5-6-13(20-19-12)21-9-16-8-18-21/h1-6,8-9H,7H2,(H,17,22)(H2,15,23,24). The minimum Gasteiger partial charge on any atom is -0.347 e. The van der Waals surface area contributed by atoms with Crippen LogP contribution in [0.25, 0.3) is 5.82 Å². The Kier molecular flexibility index (Phi) is 4.50. The molecule has 0 aliphatic heterocycles. The first kappa shape index (κ1) is 16.7. The predicted octanol–water partition coefficient (Wildman–Crippen LogP) is -0.365. The highest BCUT2D eigenvalue weighted by molar-refractivity contribution is 7.89. The lowest BCUT2D eigenvalue weighted by Crippen LogP contribution is -2.24. The average molecular weight is 359 g/mol. The van der Waals surface area contributed by atoms with E-state index in [9.17, 15) is 13.2 Å². The summed E-state index contributed by atoms with van der Waals surface area (Å²) in [7, 11) is -3.73. The van der Waals surface area contributed by atoms with Crippen molar-refractivity contribution in [3.8, 4) is 5.82 Å². The van der Waals surface area contributed by atoms with Crippen LogP contribution in [0.3, 0.4) is 0 Å². The van der Waals surface area contributed by atoms with E-state index in [0.717, 1.165) is 0 Å². The van der Waals surface area contributed by atoms with Crippen LogP contribution in [0.1, 0.15) is 16.1 Å². The molecule has 11 heteroatoms. The number of sulfonamides is 1. The number of aromatic nitrogens is 5. The van der Waals surface area contributed by atoms with Gasteiger partial charge < -0.3 is 5.32 Å². The molecule has 0 aliphatic carbocycles. The van der Waals surface area contributed by atoms with Gasteiger partial charge in [-0.25, -0.2) is 23.2 Å². The fourth-order valence-corrected chi connectivity index (χ4v) is 2.48. The van der Waals surface area contributed by atoms with Gasteiger partial charge >= 0.3 is 0 Å². The first-order valence-corrected chi connectivity index (χ1v) is 8.57. The summed E-state index contributed by atoms with van der Waals surface area (Å²) >= 11 is 0. The van der Waals surface area contributed by atoms with E-state index in [1.165, 1.54) is 35.5 Å². The molecule has 0 aliphatic rings. The molecule has 25 heavy (non-hydrogen) atoms. The summed E-state index contributed by atoms with van der Waals surface area (Å²) in [5.41, 5.74) is 0.859. The quantitative estimate of drug-likeness (QED) is 0.632. The van der Waals surface area contributed by atoms with E-state index in [1.54, 1.807) is 18.2 Å². The number of nitrogens with one attached hydrogen (secondary N) is 1. The Morgan fingerprint density at radius 1 is 1.12 bits per heavy atom. The molecule has 3 N–H and O–H groups in total. The van der Waals surface area contributed by atoms with Crippen molar-refractivity contribution in [2.24, 2.45) is 5.14 Å². The number of amides is 1. The molecular formula is C14H13N7O3S. The van der Waals surface area contributed by atoms with Gasteiger partial charge in [-0.3, -0.25) is 4.79 Å². The number of hydrogen-bond donors (Lipinski definition) is 2. The van der Waals surface area contributed by atoms with Crippen molar-refractivity contribution >= 4 is 15.9 Å². The van der Waals surface area contributed by atoms with Gasteiger partial charge in [0.25, 0.3) is 5.91 Å². The van der Waals surface area contributed by atoms with Crippen molar-refractivity contribution in [3.63, 3.8) is 0 Å². The van der Waals surface area contributed by atoms with E-state index < -0.39 is 15.9 Å². The Bertz CT molecular complexity index is 968. The van der Waals surface area contributed by atoms with Crippen molar-refractivity contribution in [2.75, 3.05) is 0 Å². The Balaban J connectivity index is 1.62. The summed E-state index contributed by atoms with van der Waals surface area (Å²) in [6.45, 7) is 0.205. The lowest BCUT2D eigenvalue weighted by atomic mass is 10.2. The number of rotatable bonds is 5. The van der Waals surface area contributed by atoms with E-state index in [0.29, 0.717) is 11.4 Å². The maximum absolute atomic E-state index is 12.1. The molecule has 2 aromatic heterocycles. The van der Waals surface area contributed by atoms with E-state index in [1.807, 2.05) is 0 Å². The summed E-state index contributed by atoms with van der Waals surface area (Å²) in [5.74, 6) is 0.0285. The Labute approximate surface area is 142 Å². The van der Waals surface area contributed by atoms with Gasteiger partial charge in [-0.2, -0.15) is 5.10 Å². The number of carbonyl (C=O) groups excluding carboxylic acids is 1. The number of hydrogen-bond acceptors (Lipinski definition) is 7. The van der Waals surface area contributed by atoms with Crippen LogP contribution in [-0.2, 0) is 16.6 Å². The molecule has 0 fully saturated rings. The van der Waals surface area contributed by atoms with Gasteiger partial charge in [0.1, 0.15) is 12.7 Å². The lowest BCUT2D eigenvalue weighted by Gasteiger charge is -2.06. The minimum absolute atomic E-state index is 0.0112. The summed E-state index contributed by atoms with van der Waals surface area (Å²) in [6, 6.07) is 9.01. The van der Waals surface area contributed by atoms with Crippen LogP contribution in [0.2, 0.25) is 0 Å². The summed E-state index contributed by atoms with van der Waals surface area (Å²) in [6.07, 6.45) is 2.83. The van der Waals surface area contributed by atoms with Crippen molar-refractivity contribution in [1.82, 2.24) is 30.3 Å². The summed E-state index contributed by atoms with van der Waals surface area (Å²) in [5, 5.41) is 19.4. The number of primary sulfonamides is 1. The van der Waals surface area contributed by atoms with Crippen molar-refractivity contribution < 1.29 is 13.2 Å². The molecule has 0 atom stereocenters. The van der Waals surface area contributed by atoms with Gasteiger partial charge in [0.05, 0.1) is 4.90 Å². The second-order valence-electron chi connectivity index (χ2n) is 4.99. The molecule has 0 bridgehead atoms. The molecular weight excluding hydrogens is 346 g/mol. The SMILES string of the molecule is NS(=O)(=O)c1ccc(CNC(=O)c2ccc(-n3cncn3)nn2)cc1. The maximum Gasteiger partial charge on any atom is 0.272 e. The van der Waals surface area contributed by atoms with Crippen LogP contribution >= 0.6 is 0 Å². The normalized spacial score (nSPS) is 11.2.